The predicted molar refractivity (Wildman–Crippen MR) is 72.6 cm³/mol. The van der Waals surface area contributed by atoms with Gasteiger partial charge in [0.1, 0.15) is 16.2 Å². The van der Waals surface area contributed by atoms with E-state index in [1.54, 1.807) is 33.7 Å². The van der Waals surface area contributed by atoms with Crippen molar-refractivity contribution >= 4 is 22.1 Å². The van der Waals surface area contributed by atoms with Gasteiger partial charge >= 0.3 is 0 Å². The van der Waals surface area contributed by atoms with Crippen LogP contribution in [-0.4, -0.2) is 30.3 Å². The third kappa shape index (κ3) is 2.10. The van der Waals surface area contributed by atoms with Crippen molar-refractivity contribution in [3.63, 3.8) is 0 Å². The number of anilines is 1. The van der Waals surface area contributed by atoms with E-state index in [0.29, 0.717) is 12.1 Å². The van der Waals surface area contributed by atoms with Crippen molar-refractivity contribution in [1.82, 2.24) is 23.8 Å². The highest BCUT2D eigenvalue weighted by atomic mass is 32.1. The Morgan fingerprint density at radius 3 is 3.16 bits per heavy atom. The van der Waals surface area contributed by atoms with Crippen molar-refractivity contribution in [2.75, 3.05) is 11.9 Å². The fourth-order valence-electron chi connectivity index (χ4n) is 1.85. The minimum absolute atomic E-state index is 0.0875. The number of nitrogens with zero attached hydrogens (tertiary/aromatic N) is 5. The highest BCUT2D eigenvalue weighted by molar-refractivity contribution is 7.10. The van der Waals surface area contributed by atoms with Crippen LogP contribution in [0.25, 0.3) is 5.52 Å². The first kappa shape index (κ1) is 11.8. The van der Waals surface area contributed by atoms with Crippen LogP contribution in [0.2, 0.25) is 0 Å². The number of rotatable bonds is 4. The van der Waals surface area contributed by atoms with E-state index in [4.69, 9.17) is 0 Å². The molecular weight excluding hydrogens is 264 g/mol. The summed E-state index contributed by atoms with van der Waals surface area (Å²) in [6, 6.07) is 1.70. The Hall–Kier alpha value is -2.22. The average Bonchev–Trinajstić information content (AvgIpc) is 3.03. The highest BCUT2D eigenvalue weighted by Gasteiger charge is 2.10. The number of hydrogen-bond acceptors (Lipinski definition) is 6. The predicted octanol–water partition coefficient (Wildman–Crippen LogP) is 0.828. The molecule has 0 radical (unpaired) electrons. The topological polar surface area (TPSA) is 77.1 Å². The summed E-state index contributed by atoms with van der Waals surface area (Å²) in [5.74, 6) is 0. The summed E-state index contributed by atoms with van der Waals surface area (Å²) in [6.07, 6.45) is 5.07. The van der Waals surface area contributed by atoms with Crippen molar-refractivity contribution in [3.8, 4) is 0 Å². The first-order valence-corrected chi connectivity index (χ1v) is 6.65. The molecule has 0 aliphatic carbocycles. The fraction of sp³-hybridized carbons (Fsp3) is 0.273. The van der Waals surface area contributed by atoms with Gasteiger partial charge in [-0.25, -0.2) is 4.52 Å². The first-order chi connectivity index (χ1) is 9.29. The summed E-state index contributed by atoms with van der Waals surface area (Å²) >= 11 is 1.30. The lowest BCUT2D eigenvalue weighted by Gasteiger charge is -2.05. The maximum absolute atomic E-state index is 12.2. The Morgan fingerprint density at radius 1 is 1.42 bits per heavy atom. The van der Waals surface area contributed by atoms with Gasteiger partial charge in [0.05, 0.1) is 12.7 Å². The van der Waals surface area contributed by atoms with Crippen LogP contribution in [0.1, 0.15) is 12.6 Å². The lowest BCUT2D eigenvalue weighted by atomic mass is 10.4. The van der Waals surface area contributed by atoms with E-state index in [1.165, 1.54) is 11.5 Å². The molecule has 8 heteroatoms. The summed E-state index contributed by atoms with van der Waals surface area (Å²) in [7, 11) is 0. The molecule has 0 aliphatic rings. The Bertz CT molecular complexity index is 758. The van der Waals surface area contributed by atoms with Crippen LogP contribution in [0.3, 0.4) is 0 Å². The molecule has 0 unspecified atom stereocenters. The zero-order valence-corrected chi connectivity index (χ0v) is 11.1. The average molecular weight is 276 g/mol. The third-order valence-electron chi connectivity index (χ3n) is 2.75. The van der Waals surface area contributed by atoms with E-state index < -0.39 is 0 Å². The van der Waals surface area contributed by atoms with Gasteiger partial charge in [0.2, 0.25) is 0 Å². The number of nitrogens with one attached hydrogen (secondary N) is 1. The van der Waals surface area contributed by atoms with E-state index in [9.17, 15) is 4.79 Å². The van der Waals surface area contributed by atoms with Gasteiger partial charge in [-0.2, -0.15) is 5.10 Å². The number of aromatic nitrogens is 5. The maximum Gasteiger partial charge on any atom is 0.276 e. The molecule has 3 aromatic heterocycles. The van der Waals surface area contributed by atoms with E-state index in [-0.39, 0.29) is 5.56 Å². The molecule has 0 fully saturated rings. The summed E-state index contributed by atoms with van der Waals surface area (Å²) in [5, 5.41) is 12.2. The Kier molecular flexibility index (Phi) is 3.00. The van der Waals surface area contributed by atoms with Gasteiger partial charge in [-0.15, -0.1) is 5.10 Å². The zero-order chi connectivity index (χ0) is 13.2. The van der Waals surface area contributed by atoms with Crippen molar-refractivity contribution < 1.29 is 0 Å². The minimum atomic E-state index is -0.0875. The van der Waals surface area contributed by atoms with Crippen molar-refractivity contribution in [2.45, 2.75) is 13.5 Å². The normalized spacial score (nSPS) is 11.0. The van der Waals surface area contributed by atoms with Gasteiger partial charge in [0.15, 0.2) is 0 Å². The second kappa shape index (κ2) is 4.81. The van der Waals surface area contributed by atoms with Crippen LogP contribution in [0.4, 0.5) is 5.00 Å². The van der Waals surface area contributed by atoms with Gasteiger partial charge in [-0.05, 0) is 13.0 Å². The van der Waals surface area contributed by atoms with Crippen molar-refractivity contribution in [2.24, 2.45) is 0 Å². The van der Waals surface area contributed by atoms with Gasteiger partial charge < -0.3 is 9.88 Å². The molecular formula is C11H12N6OS. The van der Waals surface area contributed by atoms with Crippen molar-refractivity contribution in [1.29, 1.82) is 0 Å². The third-order valence-corrected chi connectivity index (χ3v) is 3.48. The molecule has 0 aromatic carbocycles. The second-order valence-electron chi connectivity index (χ2n) is 3.97. The minimum Gasteiger partial charge on any atom is -0.374 e. The van der Waals surface area contributed by atoms with E-state index in [0.717, 1.165) is 17.2 Å². The quantitative estimate of drug-likeness (QED) is 0.763. The fourth-order valence-corrected chi connectivity index (χ4v) is 2.49. The van der Waals surface area contributed by atoms with Crippen LogP contribution in [0, 0.1) is 0 Å². The van der Waals surface area contributed by atoms with Gasteiger partial charge in [-0.1, -0.05) is 4.49 Å². The largest absolute Gasteiger partial charge is 0.374 e. The molecule has 19 heavy (non-hydrogen) atoms. The van der Waals surface area contributed by atoms with Gasteiger partial charge in [-0.3, -0.25) is 4.79 Å². The zero-order valence-electron chi connectivity index (χ0n) is 10.3. The molecule has 98 valence electrons. The number of hydrogen-bond donors (Lipinski definition) is 1. The maximum atomic E-state index is 12.2. The molecule has 3 heterocycles. The second-order valence-corrected chi connectivity index (χ2v) is 4.73. The molecule has 0 amide bonds. The summed E-state index contributed by atoms with van der Waals surface area (Å²) in [6.45, 7) is 3.21. The van der Waals surface area contributed by atoms with Gasteiger partial charge in [0.25, 0.3) is 5.56 Å². The van der Waals surface area contributed by atoms with Crippen molar-refractivity contribution in [3.05, 3.63) is 40.7 Å². The SMILES string of the molecule is CCNc1snnc1Cn1ccn2nccc2c1=O. The van der Waals surface area contributed by atoms with E-state index in [2.05, 4.69) is 20.0 Å². The van der Waals surface area contributed by atoms with Crippen LogP contribution in [0.5, 0.6) is 0 Å². The highest BCUT2D eigenvalue weighted by Crippen LogP contribution is 2.17. The molecule has 3 rings (SSSR count). The monoisotopic (exact) mass is 276 g/mol. The molecule has 0 spiro atoms. The smallest absolute Gasteiger partial charge is 0.276 e. The first-order valence-electron chi connectivity index (χ1n) is 5.87. The number of fused-ring (bicyclic) bond motifs is 1. The molecule has 0 saturated heterocycles. The molecule has 7 nitrogen and oxygen atoms in total. The summed E-state index contributed by atoms with van der Waals surface area (Å²) in [4.78, 5) is 12.2. The van der Waals surface area contributed by atoms with Crippen LogP contribution in [0.15, 0.2) is 29.5 Å². The molecule has 0 aliphatic heterocycles. The lowest BCUT2D eigenvalue weighted by molar-refractivity contribution is 0.723. The summed E-state index contributed by atoms with van der Waals surface area (Å²) < 4.78 is 7.08. The molecule has 1 N–H and O–H groups in total. The van der Waals surface area contributed by atoms with Crippen LogP contribution < -0.4 is 10.9 Å². The Balaban J connectivity index is 1.98. The Morgan fingerprint density at radius 2 is 2.32 bits per heavy atom. The van der Waals surface area contributed by atoms with Gasteiger partial charge in [0, 0.05) is 30.5 Å². The van der Waals surface area contributed by atoms with Crippen LogP contribution in [-0.2, 0) is 6.54 Å². The molecule has 0 bridgehead atoms. The molecule has 0 atom stereocenters. The van der Waals surface area contributed by atoms with E-state index >= 15 is 0 Å². The Labute approximate surface area is 112 Å². The summed E-state index contributed by atoms with van der Waals surface area (Å²) in [5.41, 5.74) is 1.24. The standard InChI is InChI=1S/C11H12N6OS/c1-2-12-10-8(14-15-19-10)7-16-5-6-17-9(11(16)18)3-4-13-17/h3-6,12H,2,7H2,1H3. The van der Waals surface area contributed by atoms with Crippen LogP contribution >= 0.6 is 11.5 Å². The van der Waals surface area contributed by atoms with E-state index in [1.807, 2.05) is 6.92 Å². The molecule has 3 aromatic rings. The lowest BCUT2D eigenvalue weighted by Crippen LogP contribution is -2.22. The molecule has 0 saturated carbocycles.